The molecule has 23 heavy (non-hydrogen) atoms. The van der Waals surface area contributed by atoms with Crippen molar-refractivity contribution in [3.05, 3.63) is 58.1 Å². The predicted molar refractivity (Wildman–Crippen MR) is 86.2 cm³/mol. The van der Waals surface area contributed by atoms with Gasteiger partial charge < -0.3 is 9.47 Å². The standard InChI is InChI=1S/C16H15NO5S/c1-3-22-16(18)11-4-6-12(7-5-11)23-13-8-9-15(21-2)14(10-13)17(19)20/h4-10H,3H2,1-2H3. The number of carbonyl (C=O) groups excluding carboxylic acids is 1. The molecule has 0 aromatic heterocycles. The van der Waals surface area contributed by atoms with Gasteiger partial charge in [0.15, 0.2) is 5.75 Å². The van der Waals surface area contributed by atoms with E-state index in [1.54, 1.807) is 43.3 Å². The lowest BCUT2D eigenvalue weighted by Crippen LogP contribution is -2.03. The van der Waals surface area contributed by atoms with Crippen molar-refractivity contribution in [1.82, 2.24) is 0 Å². The fourth-order valence-corrected chi connectivity index (χ4v) is 2.74. The van der Waals surface area contributed by atoms with Gasteiger partial charge in [0, 0.05) is 15.9 Å². The first kappa shape index (κ1) is 16.8. The molecule has 7 heteroatoms. The number of ether oxygens (including phenoxy) is 2. The molecule has 120 valence electrons. The molecular weight excluding hydrogens is 318 g/mol. The van der Waals surface area contributed by atoms with Gasteiger partial charge in [0.25, 0.3) is 0 Å². The molecular formula is C16H15NO5S. The summed E-state index contributed by atoms with van der Waals surface area (Å²) in [5.74, 6) is -0.152. The van der Waals surface area contributed by atoms with E-state index in [0.29, 0.717) is 17.1 Å². The predicted octanol–water partition coefficient (Wildman–Crippen LogP) is 3.93. The third kappa shape index (κ3) is 4.23. The first-order valence-corrected chi connectivity index (χ1v) is 7.64. The van der Waals surface area contributed by atoms with Gasteiger partial charge >= 0.3 is 11.7 Å². The maximum Gasteiger partial charge on any atom is 0.338 e. The van der Waals surface area contributed by atoms with Crippen LogP contribution in [0.2, 0.25) is 0 Å². The highest BCUT2D eigenvalue weighted by Crippen LogP contribution is 2.35. The van der Waals surface area contributed by atoms with Crippen molar-refractivity contribution in [2.75, 3.05) is 13.7 Å². The number of rotatable bonds is 6. The van der Waals surface area contributed by atoms with Crippen LogP contribution in [-0.2, 0) is 4.74 Å². The van der Waals surface area contributed by atoms with Crippen molar-refractivity contribution >= 4 is 23.4 Å². The average Bonchev–Trinajstić information content (AvgIpc) is 2.55. The zero-order valence-corrected chi connectivity index (χ0v) is 13.5. The number of benzene rings is 2. The molecule has 0 aliphatic carbocycles. The molecule has 0 bridgehead atoms. The van der Waals surface area contributed by atoms with Crippen LogP contribution in [0.3, 0.4) is 0 Å². The SMILES string of the molecule is CCOC(=O)c1ccc(Sc2ccc(OC)c([N+](=O)[O-])c2)cc1. The molecule has 0 atom stereocenters. The zero-order valence-electron chi connectivity index (χ0n) is 12.6. The molecule has 6 nitrogen and oxygen atoms in total. The Bertz CT molecular complexity index is 715. The van der Waals surface area contributed by atoms with Gasteiger partial charge in [0.2, 0.25) is 0 Å². The van der Waals surface area contributed by atoms with Crippen LogP contribution < -0.4 is 4.74 Å². The van der Waals surface area contributed by atoms with Gasteiger partial charge in [-0.1, -0.05) is 11.8 Å². The molecule has 0 saturated heterocycles. The summed E-state index contributed by atoms with van der Waals surface area (Å²) in [6.07, 6.45) is 0. The number of nitrogens with zero attached hydrogens (tertiary/aromatic N) is 1. The molecule has 0 unspecified atom stereocenters. The molecule has 2 aromatic carbocycles. The lowest BCUT2D eigenvalue weighted by Gasteiger charge is -2.06. The van der Waals surface area contributed by atoms with E-state index in [2.05, 4.69) is 0 Å². The fourth-order valence-electron chi connectivity index (χ4n) is 1.89. The average molecular weight is 333 g/mol. The molecule has 0 N–H and O–H groups in total. The van der Waals surface area contributed by atoms with E-state index >= 15 is 0 Å². The topological polar surface area (TPSA) is 78.7 Å². The minimum atomic E-state index is -0.479. The molecule has 0 fully saturated rings. The highest BCUT2D eigenvalue weighted by molar-refractivity contribution is 7.99. The quantitative estimate of drug-likeness (QED) is 0.453. The third-order valence-corrected chi connectivity index (χ3v) is 3.95. The summed E-state index contributed by atoms with van der Waals surface area (Å²) in [6, 6.07) is 11.6. The van der Waals surface area contributed by atoms with E-state index in [0.717, 1.165) is 4.90 Å². The van der Waals surface area contributed by atoms with E-state index in [4.69, 9.17) is 9.47 Å². The van der Waals surface area contributed by atoms with Crippen LogP contribution in [0.5, 0.6) is 5.75 Å². The van der Waals surface area contributed by atoms with Crippen molar-refractivity contribution in [1.29, 1.82) is 0 Å². The monoisotopic (exact) mass is 333 g/mol. The number of esters is 1. The summed E-state index contributed by atoms with van der Waals surface area (Å²) in [5.41, 5.74) is 0.387. The highest BCUT2D eigenvalue weighted by atomic mass is 32.2. The smallest absolute Gasteiger partial charge is 0.338 e. The van der Waals surface area contributed by atoms with Crippen LogP contribution in [0.4, 0.5) is 5.69 Å². The van der Waals surface area contributed by atoms with Gasteiger partial charge in [0.1, 0.15) is 0 Å². The Morgan fingerprint density at radius 1 is 1.17 bits per heavy atom. The number of nitro groups is 1. The summed E-state index contributed by atoms with van der Waals surface area (Å²) in [7, 11) is 1.39. The maximum absolute atomic E-state index is 11.6. The first-order chi connectivity index (χ1) is 11.0. The Labute approximate surface area is 137 Å². The van der Waals surface area contributed by atoms with Gasteiger partial charge in [-0.05, 0) is 43.3 Å². The molecule has 0 spiro atoms. The van der Waals surface area contributed by atoms with Crippen molar-refractivity contribution in [3.8, 4) is 5.75 Å². The van der Waals surface area contributed by atoms with Gasteiger partial charge in [0.05, 0.1) is 24.2 Å². The van der Waals surface area contributed by atoms with Gasteiger partial charge in [-0.3, -0.25) is 10.1 Å². The second kappa shape index (κ2) is 7.64. The second-order valence-electron chi connectivity index (χ2n) is 4.44. The Morgan fingerprint density at radius 3 is 2.39 bits per heavy atom. The van der Waals surface area contributed by atoms with Crippen molar-refractivity contribution < 1.29 is 19.2 Å². The van der Waals surface area contributed by atoms with Crippen LogP contribution in [0, 0.1) is 10.1 Å². The normalized spacial score (nSPS) is 10.2. The Hall–Kier alpha value is -2.54. The van der Waals surface area contributed by atoms with E-state index < -0.39 is 4.92 Å². The molecule has 2 rings (SSSR count). The maximum atomic E-state index is 11.6. The Morgan fingerprint density at radius 2 is 1.83 bits per heavy atom. The lowest BCUT2D eigenvalue weighted by atomic mass is 10.2. The summed E-state index contributed by atoms with van der Waals surface area (Å²) >= 11 is 1.36. The van der Waals surface area contributed by atoms with Crippen molar-refractivity contribution in [3.63, 3.8) is 0 Å². The summed E-state index contributed by atoms with van der Waals surface area (Å²) in [6.45, 7) is 2.07. The Kier molecular flexibility index (Phi) is 5.59. The number of methoxy groups -OCH3 is 1. The number of hydrogen-bond donors (Lipinski definition) is 0. The summed E-state index contributed by atoms with van der Waals surface area (Å²) < 4.78 is 9.89. The van der Waals surface area contributed by atoms with E-state index in [1.165, 1.54) is 24.9 Å². The van der Waals surface area contributed by atoms with E-state index in [1.807, 2.05) is 0 Å². The third-order valence-electron chi connectivity index (χ3n) is 2.95. The molecule has 0 saturated carbocycles. The minimum Gasteiger partial charge on any atom is -0.490 e. The molecule has 0 radical (unpaired) electrons. The lowest BCUT2D eigenvalue weighted by molar-refractivity contribution is -0.386. The van der Waals surface area contributed by atoms with Crippen molar-refractivity contribution in [2.24, 2.45) is 0 Å². The van der Waals surface area contributed by atoms with Crippen LogP contribution >= 0.6 is 11.8 Å². The largest absolute Gasteiger partial charge is 0.490 e. The van der Waals surface area contributed by atoms with Gasteiger partial charge in [-0.25, -0.2) is 4.79 Å². The molecule has 0 aliphatic rings. The van der Waals surface area contributed by atoms with Crippen molar-refractivity contribution in [2.45, 2.75) is 16.7 Å². The minimum absolute atomic E-state index is 0.0827. The summed E-state index contributed by atoms with van der Waals surface area (Å²) in [4.78, 5) is 23.7. The molecule has 0 amide bonds. The second-order valence-corrected chi connectivity index (χ2v) is 5.58. The molecule has 0 aliphatic heterocycles. The molecule has 2 aromatic rings. The Balaban J connectivity index is 2.17. The summed E-state index contributed by atoms with van der Waals surface area (Å²) in [5, 5.41) is 11.0. The molecule has 0 heterocycles. The highest BCUT2D eigenvalue weighted by Gasteiger charge is 2.15. The van der Waals surface area contributed by atoms with Crippen LogP contribution in [0.1, 0.15) is 17.3 Å². The number of nitro benzene ring substituents is 1. The number of hydrogen-bond acceptors (Lipinski definition) is 6. The number of carbonyl (C=O) groups is 1. The first-order valence-electron chi connectivity index (χ1n) is 6.82. The van der Waals surface area contributed by atoms with Gasteiger partial charge in [-0.15, -0.1) is 0 Å². The van der Waals surface area contributed by atoms with E-state index in [9.17, 15) is 14.9 Å². The van der Waals surface area contributed by atoms with Crippen LogP contribution in [0.15, 0.2) is 52.3 Å². The van der Waals surface area contributed by atoms with Gasteiger partial charge in [-0.2, -0.15) is 0 Å². The van der Waals surface area contributed by atoms with E-state index in [-0.39, 0.29) is 17.4 Å². The van der Waals surface area contributed by atoms with Crippen LogP contribution in [-0.4, -0.2) is 24.6 Å². The fraction of sp³-hybridized carbons (Fsp3) is 0.188. The van der Waals surface area contributed by atoms with Crippen LogP contribution in [0.25, 0.3) is 0 Å². The zero-order chi connectivity index (χ0) is 16.8.